The minimum atomic E-state index is -1.08. The van der Waals surface area contributed by atoms with Crippen molar-refractivity contribution in [1.29, 1.82) is 0 Å². The van der Waals surface area contributed by atoms with E-state index in [1.54, 1.807) is 0 Å². The molecule has 3 heterocycles. The largest absolute Gasteiger partial charge is 0.407 e. The molecular formula is C33H27N9O15. The number of benzene rings is 1. The number of carbonyl (C=O) groups is 9. The topological polar surface area (TPSA) is 322 Å². The fourth-order valence-corrected chi connectivity index (χ4v) is 4.12. The third-order valence-corrected chi connectivity index (χ3v) is 5.92. The minimum Gasteiger partial charge on any atom is -0.407 e. The lowest BCUT2D eigenvalue weighted by Gasteiger charge is -2.12. The van der Waals surface area contributed by atoms with E-state index in [9.17, 15) is 43.2 Å². The van der Waals surface area contributed by atoms with Gasteiger partial charge in [0.05, 0.1) is 18.2 Å². The number of hydrogen-bond acceptors (Lipinski definition) is 21. The molecule has 4 rings (SSSR count). The van der Waals surface area contributed by atoms with Crippen LogP contribution in [0.2, 0.25) is 0 Å². The molecule has 0 spiro atoms. The molecule has 0 saturated heterocycles. The van der Waals surface area contributed by atoms with Gasteiger partial charge in [0, 0.05) is 58.2 Å². The van der Waals surface area contributed by atoms with Crippen LogP contribution in [-0.2, 0) is 28.8 Å². The number of rotatable bonds is 12. The minimum absolute atomic E-state index is 0.423. The van der Waals surface area contributed by atoms with Crippen LogP contribution in [0.15, 0.2) is 36.4 Å². The molecule has 294 valence electrons. The molecule has 57 heavy (non-hydrogen) atoms. The second-order valence-corrected chi connectivity index (χ2v) is 10.8. The van der Waals surface area contributed by atoms with Gasteiger partial charge in [0.1, 0.15) is 0 Å². The van der Waals surface area contributed by atoms with Gasteiger partial charge >= 0.3 is 35.8 Å². The van der Waals surface area contributed by atoms with Gasteiger partial charge in [-0.2, -0.15) is 29.9 Å². The highest BCUT2D eigenvalue weighted by Crippen LogP contribution is 2.23. The van der Waals surface area contributed by atoms with Crippen molar-refractivity contribution in [2.75, 3.05) is 16.0 Å². The summed E-state index contributed by atoms with van der Waals surface area (Å²) in [5.74, 6) is -12.4. The van der Waals surface area contributed by atoms with Gasteiger partial charge in [-0.1, -0.05) is 0 Å². The molecule has 0 aliphatic heterocycles. The van der Waals surface area contributed by atoms with E-state index in [2.05, 4.69) is 45.9 Å². The summed E-state index contributed by atoms with van der Waals surface area (Å²) in [6, 6.07) is 5.94. The average Bonchev–Trinajstić information content (AvgIpc) is 3.05. The van der Waals surface area contributed by atoms with Gasteiger partial charge in [-0.15, -0.1) is 0 Å². The summed E-state index contributed by atoms with van der Waals surface area (Å²) in [4.78, 5) is 134. The van der Waals surface area contributed by atoms with Crippen LogP contribution in [-0.4, -0.2) is 83.4 Å². The molecule has 3 N–H and O–H groups in total. The maximum atomic E-state index is 13.6. The van der Waals surface area contributed by atoms with Gasteiger partial charge in [0.2, 0.25) is 53.1 Å². The molecule has 0 fully saturated rings. The lowest BCUT2D eigenvalue weighted by molar-refractivity contribution is -0.133. The monoisotopic (exact) mass is 789 g/mol. The Morgan fingerprint density at radius 2 is 0.509 bits per heavy atom. The van der Waals surface area contributed by atoms with Crippen molar-refractivity contribution >= 4 is 71.4 Å². The maximum Gasteiger partial charge on any atom is 0.309 e. The Balaban J connectivity index is 1.78. The number of nitrogens with one attached hydrogen (secondary N) is 3. The number of aromatic nitrogens is 6. The molecule has 3 amide bonds. The van der Waals surface area contributed by atoms with E-state index in [0.29, 0.717) is 0 Å². The summed E-state index contributed by atoms with van der Waals surface area (Å²) in [5, 5.41) is 6.81. The van der Waals surface area contributed by atoms with Crippen molar-refractivity contribution in [3.63, 3.8) is 0 Å². The van der Waals surface area contributed by atoms with Crippen LogP contribution in [0, 0.1) is 0 Å². The van der Waals surface area contributed by atoms with Crippen molar-refractivity contribution in [2.45, 2.75) is 41.5 Å². The van der Waals surface area contributed by atoms with Crippen LogP contribution in [0.1, 0.15) is 72.6 Å². The van der Waals surface area contributed by atoms with Crippen LogP contribution in [0.4, 0.5) is 17.8 Å². The fourth-order valence-electron chi connectivity index (χ4n) is 4.12. The zero-order chi connectivity index (χ0) is 42.0. The average molecular weight is 790 g/mol. The highest BCUT2D eigenvalue weighted by Gasteiger charge is 2.22. The van der Waals surface area contributed by atoms with Crippen LogP contribution in [0.5, 0.6) is 35.3 Å². The van der Waals surface area contributed by atoms with Gasteiger partial charge in [0.25, 0.3) is 17.7 Å². The van der Waals surface area contributed by atoms with Crippen molar-refractivity contribution in [2.24, 2.45) is 0 Å². The van der Waals surface area contributed by atoms with Crippen molar-refractivity contribution < 1.29 is 71.6 Å². The van der Waals surface area contributed by atoms with Crippen LogP contribution >= 0.6 is 0 Å². The normalized spacial score (nSPS) is 10.2. The molecule has 4 aromatic rings. The van der Waals surface area contributed by atoms with Gasteiger partial charge < -0.3 is 28.4 Å². The van der Waals surface area contributed by atoms with E-state index in [0.717, 1.165) is 77.9 Å². The summed E-state index contributed by atoms with van der Waals surface area (Å²) in [5.41, 5.74) is -1.27. The number of hydrogen-bond donors (Lipinski definition) is 3. The Morgan fingerprint density at radius 3 is 0.667 bits per heavy atom. The van der Waals surface area contributed by atoms with Crippen LogP contribution < -0.4 is 44.4 Å². The lowest BCUT2D eigenvalue weighted by Crippen LogP contribution is -2.21. The molecule has 0 aliphatic carbocycles. The Bertz CT molecular complexity index is 1980. The summed E-state index contributed by atoms with van der Waals surface area (Å²) in [7, 11) is 0. The first-order chi connectivity index (χ1) is 26.8. The first-order valence-electron chi connectivity index (χ1n) is 15.7. The van der Waals surface area contributed by atoms with E-state index in [-0.39, 0.29) is 0 Å². The van der Waals surface area contributed by atoms with Gasteiger partial charge in [-0.3, -0.25) is 59.1 Å². The van der Waals surface area contributed by atoms with E-state index in [1.165, 1.54) is 0 Å². The molecule has 0 radical (unpaired) electrons. The van der Waals surface area contributed by atoms with Crippen molar-refractivity contribution in [1.82, 2.24) is 29.9 Å². The molecule has 24 nitrogen and oxygen atoms in total. The highest BCUT2D eigenvalue weighted by atomic mass is 16.6. The Morgan fingerprint density at radius 1 is 0.333 bits per heavy atom. The molecule has 0 atom stereocenters. The van der Waals surface area contributed by atoms with Crippen molar-refractivity contribution in [3.8, 4) is 35.3 Å². The first kappa shape index (κ1) is 41.4. The molecule has 0 saturated carbocycles. The van der Waals surface area contributed by atoms with E-state index in [1.807, 2.05) is 0 Å². The van der Waals surface area contributed by atoms with Gasteiger partial charge in [0.15, 0.2) is 0 Å². The number of carbonyl (C=O) groups excluding carboxylic acids is 9. The number of ether oxygens (including phenoxy) is 6. The number of anilines is 3. The Hall–Kier alpha value is -8.31. The third kappa shape index (κ3) is 12.9. The zero-order valence-electron chi connectivity index (χ0n) is 30.3. The lowest BCUT2D eigenvalue weighted by atomic mass is 10.0. The molecule has 24 heteroatoms. The summed E-state index contributed by atoms with van der Waals surface area (Å²) < 4.78 is 29.5. The smallest absolute Gasteiger partial charge is 0.309 e. The predicted octanol–water partition coefficient (Wildman–Crippen LogP) is 1.37. The number of nitrogens with zero attached hydrogens (tertiary/aromatic N) is 6. The second kappa shape index (κ2) is 18.1. The van der Waals surface area contributed by atoms with E-state index < -0.39 is 123 Å². The first-order valence-corrected chi connectivity index (χ1v) is 15.7. The third-order valence-electron chi connectivity index (χ3n) is 5.92. The molecule has 0 aliphatic rings. The summed E-state index contributed by atoms with van der Waals surface area (Å²) in [6.45, 7) is 6.32. The number of esters is 6. The standard InChI is InChI=1S/C33H27N9O15/c1-13(43)52-22-10-23(53-14(2)44)35-31(34-22)40-28(49)19-7-20(29(50)41-32-36-24(54-15(3)45)11-25(37-32)55-16(4)46)9-21(8-19)30(51)42-33-38-26(56-17(5)47)12-27(39-33)57-18(6)48/h7-12H,1-6H3,(H,34,35,40,49)(H,36,37,41,50)(H,38,39,42,51). The Labute approximate surface area is 318 Å². The fraction of sp³-hybridized carbons (Fsp3) is 0.182. The van der Waals surface area contributed by atoms with Gasteiger partial charge in [-0.05, 0) is 18.2 Å². The summed E-state index contributed by atoms with van der Waals surface area (Å²) in [6.07, 6.45) is 0. The molecular weight excluding hydrogens is 762 g/mol. The molecule has 1 aromatic carbocycles. The summed E-state index contributed by atoms with van der Waals surface area (Å²) >= 11 is 0. The maximum absolute atomic E-state index is 13.6. The quantitative estimate of drug-likeness (QED) is 0.171. The molecule has 3 aromatic heterocycles. The van der Waals surface area contributed by atoms with Crippen molar-refractivity contribution in [3.05, 3.63) is 53.1 Å². The van der Waals surface area contributed by atoms with E-state index in [4.69, 9.17) is 28.4 Å². The van der Waals surface area contributed by atoms with Gasteiger partial charge in [-0.25, -0.2) is 0 Å². The second-order valence-electron chi connectivity index (χ2n) is 10.8. The highest BCUT2D eigenvalue weighted by molar-refractivity contribution is 6.12. The van der Waals surface area contributed by atoms with Crippen LogP contribution in [0.25, 0.3) is 0 Å². The van der Waals surface area contributed by atoms with E-state index >= 15 is 0 Å². The molecule has 0 unspecified atom stereocenters. The molecule has 0 bridgehead atoms. The SMILES string of the molecule is CC(=O)Oc1cc(OC(C)=O)nc(NC(=O)c2cc(C(=O)Nc3nc(OC(C)=O)cc(OC(C)=O)n3)cc(C(=O)Nc3nc(OC(C)=O)cc(OC(C)=O)n3)c2)n1. The van der Waals surface area contributed by atoms with Crippen LogP contribution in [0.3, 0.4) is 0 Å². The predicted molar refractivity (Wildman–Crippen MR) is 184 cm³/mol. The number of amides is 3. The Kier molecular flexibility index (Phi) is 13.2. The zero-order valence-corrected chi connectivity index (χ0v) is 30.3.